The second kappa shape index (κ2) is 6.61. The van der Waals surface area contributed by atoms with Gasteiger partial charge < -0.3 is 4.52 Å². The SMILES string of the molecule is O=C1CCN(Cc2nc(-c3cccnc3Cl)no2)[C@@H]2CCCC[C@H]12. The summed E-state index contributed by atoms with van der Waals surface area (Å²) in [6, 6.07) is 3.93. The normalized spacial score (nSPS) is 24.8. The van der Waals surface area contributed by atoms with E-state index in [1.807, 2.05) is 6.07 Å². The van der Waals surface area contributed by atoms with Crippen molar-refractivity contribution in [2.45, 2.75) is 44.7 Å². The number of carbonyl (C=O) groups excluding carboxylic acids is 1. The fourth-order valence-electron chi connectivity index (χ4n) is 3.88. The lowest BCUT2D eigenvalue weighted by Crippen LogP contribution is -2.50. The molecule has 2 atom stereocenters. The molecule has 6 nitrogen and oxygen atoms in total. The molecule has 2 aromatic heterocycles. The topological polar surface area (TPSA) is 72.1 Å². The second-order valence-corrected chi connectivity index (χ2v) is 6.86. The van der Waals surface area contributed by atoms with Crippen molar-refractivity contribution in [2.75, 3.05) is 6.54 Å². The minimum atomic E-state index is 0.183. The maximum Gasteiger partial charge on any atom is 0.241 e. The average Bonchev–Trinajstić information content (AvgIpc) is 3.06. The molecular formula is C17H19ClN4O2. The third-order valence-corrected chi connectivity index (χ3v) is 5.37. The Kier molecular flexibility index (Phi) is 4.33. The molecule has 1 aliphatic carbocycles. The van der Waals surface area contributed by atoms with Crippen molar-refractivity contribution in [3.05, 3.63) is 29.4 Å². The van der Waals surface area contributed by atoms with Gasteiger partial charge in [-0.1, -0.05) is 29.6 Å². The zero-order valence-electron chi connectivity index (χ0n) is 13.3. The summed E-state index contributed by atoms with van der Waals surface area (Å²) in [5, 5.41) is 4.39. The predicted molar refractivity (Wildman–Crippen MR) is 88.3 cm³/mol. The number of piperidine rings is 1. The van der Waals surface area contributed by atoms with Crippen molar-refractivity contribution >= 4 is 17.4 Å². The van der Waals surface area contributed by atoms with Gasteiger partial charge in [0.1, 0.15) is 10.9 Å². The van der Waals surface area contributed by atoms with Gasteiger partial charge in [-0.3, -0.25) is 9.69 Å². The van der Waals surface area contributed by atoms with Crippen molar-refractivity contribution in [2.24, 2.45) is 5.92 Å². The Morgan fingerprint density at radius 2 is 2.21 bits per heavy atom. The fourth-order valence-corrected chi connectivity index (χ4v) is 4.08. The summed E-state index contributed by atoms with van der Waals surface area (Å²) < 4.78 is 5.41. The number of nitrogens with zero attached hydrogens (tertiary/aromatic N) is 4. The Morgan fingerprint density at radius 3 is 3.08 bits per heavy atom. The Labute approximate surface area is 145 Å². The third kappa shape index (κ3) is 2.96. The molecular weight excluding hydrogens is 328 g/mol. The van der Waals surface area contributed by atoms with Gasteiger partial charge in [-0.15, -0.1) is 0 Å². The molecule has 1 saturated heterocycles. The first-order valence-electron chi connectivity index (χ1n) is 8.42. The van der Waals surface area contributed by atoms with Crippen molar-refractivity contribution in [3.63, 3.8) is 0 Å². The zero-order valence-corrected chi connectivity index (χ0v) is 14.1. The van der Waals surface area contributed by atoms with Crippen LogP contribution in [0.3, 0.4) is 0 Å². The summed E-state index contributed by atoms with van der Waals surface area (Å²) in [5.74, 6) is 1.62. The summed E-state index contributed by atoms with van der Waals surface area (Å²) in [6.07, 6.45) is 6.68. The minimum Gasteiger partial charge on any atom is -0.338 e. The van der Waals surface area contributed by atoms with Gasteiger partial charge in [0.25, 0.3) is 0 Å². The van der Waals surface area contributed by atoms with Crippen LogP contribution in [0.15, 0.2) is 22.9 Å². The molecule has 0 bridgehead atoms. The Morgan fingerprint density at radius 1 is 1.33 bits per heavy atom. The zero-order chi connectivity index (χ0) is 16.5. The van der Waals surface area contributed by atoms with E-state index in [0.29, 0.717) is 47.2 Å². The highest BCUT2D eigenvalue weighted by Crippen LogP contribution is 2.34. The first kappa shape index (κ1) is 15.7. The predicted octanol–water partition coefficient (Wildman–Crippen LogP) is 3.12. The number of likely N-dealkylation sites (tertiary alicyclic amines) is 1. The largest absolute Gasteiger partial charge is 0.338 e. The van der Waals surface area contributed by atoms with Crippen LogP contribution in [0.2, 0.25) is 5.15 Å². The monoisotopic (exact) mass is 346 g/mol. The van der Waals surface area contributed by atoms with E-state index >= 15 is 0 Å². The third-order valence-electron chi connectivity index (χ3n) is 5.06. The molecule has 4 rings (SSSR count). The molecule has 24 heavy (non-hydrogen) atoms. The number of Topliss-reactive ketones (excluding diaryl/α,β-unsaturated/α-hetero) is 1. The van der Waals surface area contributed by atoms with Crippen molar-refractivity contribution in [3.8, 4) is 11.4 Å². The second-order valence-electron chi connectivity index (χ2n) is 6.50. The van der Waals surface area contributed by atoms with E-state index < -0.39 is 0 Å². The summed E-state index contributed by atoms with van der Waals surface area (Å²) >= 11 is 6.09. The highest BCUT2D eigenvalue weighted by Gasteiger charge is 2.38. The van der Waals surface area contributed by atoms with Crippen LogP contribution in [0.5, 0.6) is 0 Å². The highest BCUT2D eigenvalue weighted by molar-refractivity contribution is 6.31. The van der Waals surface area contributed by atoms with Crippen LogP contribution in [-0.2, 0) is 11.3 Å². The molecule has 2 aliphatic rings. The van der Waals surface area contributed by atoms with Gasteiger partial charge in [0.15, 0.2) is 0 Å². The van der Waals surface area contributed by atoms with E-state index in [4.69, 9.17) is 16.1 Å². The molecule has 0 aromatic carbocycles. The maximum absolute atomic E-state index is 12.2. The molecule has 2 fully saturated rings. The standard InChI is InChI=1S/C17H19ClN4O2/c18-16-12(5-3-8-19-16)17-20-15(24-21-17)10-22-9-7-14(23)11-4-1-2-6-13(11)22/h3,5,8,11,13H,1-2,4,6-7,9-10H2/t11-,13+/m0/s1. The molecule has 2 aromatic rings. The Hall–Kier alpha value is -1.79. The number of halogens is 1. The molecule has 0 N–H and O–H groups in total. The first-order chi connectivity index (χ1) is 11.7. The summed E-state index contributed by atoms with van der Waals surface area (Å²) in [6.45, 7) is 1.35. The lowest BCUT2D eigenvalue weighted by atomic mass is 9.77. The molecule has 3 heterocycles. The lowest BCUT2D eigenvalue weighted by molar-refractivity contribution is -0.131. The van der Waals surface area contributed by atoms with E-state index in [-0.39, 0.29) is 5.92 Å². The van der Waals surface area contributed by atoms with Crippen LogP contribution in [0.1, 0.15) is 38.0 Å². The van der Waals surface area contributed by atoms with Gasteiger partial charge in [0.2, 0.25) is 11.7 Å². The van der Waals surface area contributed by atoms with Crippen molar-refractivity contribution in [1.29, 1.82) is 0 Å². The van der Waals surface area contributed by atoms with Crippen LogP contribution in [0, 0.1) is 5.92 Å². The molecule has 1 saturated carbocycles. The number of ketones is 1. The summed E-state index contributed by atoms with van der Waals surface area (Å²) in [5.41, 5.74) is 0.665. The van der Waals surface area contributed by atoms with E-state index in [1.165, 1.54) is 6.42 Å². The Balaban J connectivity index is 1.51. The van der Waals surface area contributed by atoms with Gasteiger partial charge in [0, 0.05) is 31.1 Å². The minimum absolute atomic E-state index is 0.183. The van der Waals surface area contributed by atoms with E-state index in [2.05, 4.69) is 20.0 Å². The van der Waals surface area contributed by atoms with Gasteiger partial charge >= 0.3 is 0 Å². The van der Waals surface area contributed by atoms with Crippen molar-refractivity contribution < 1.29 is 9.32 Å². The van der Waals surface area contributed by atoms with Crippen LogP contribution in [0.4, 0.5) is 0 Å². The first-order valence-corrected chi connectivity index (χ1v) is 8.80. The quantitative estimate of drug-likeness (QED) is 0.795. The lowest BCUT2D eigenvalue weighted by Gasteiger charge is -2.42. The number of hydrogen-bond acceptors (Lipinski definition) is 6. The van der Waals surface area contributed by atoms with E-state index in [1.54, 1.807) is 12.3 Å². The molecule has 0 radical (unpaired) electrons. The number of aromatic nitrogens is 3. The van der Waals surface area contributed by atoms with Gasteiger partial charge in [-0.2, -0.15) is 4.98 Å². The molecule has 0 amide bonds. The van der Waals surface area contributed by atoms with Gasteiger partial charge in [-0.25, -0.2) is 4.98 Å². The number of rotatable bonds is 3. The molecule has 0 unspecified atom stereocenters. The van der Waals surface area contributed by atoms with Crippen molar-refractivity contribution in [1.82, 2.24) is 20.0 Å². The molecule has 126 valence electrons. The number of carbonyl (C=O) groups is 1. The summed E-state index contributed by atoms with van der Waals surface area (Å²) in [4.78, 5) is 23.0. The van der Waals surface area contributed by atoms with Gasteiger partial charge in [0.05, 0.1) is 12.1 Å². The molecule has 7 heteroatoms. The number of pyridine rings is 1. The smallest absolute Gasteiger partial charge is 0.241 e. The van der Waals surface area contributed by atoms with Crippen LogP contribution in [0.25, 0.3) is 11.4 Å². The fraction of sp³-hybridized carbons (Fsp3) is 0.529. The summed E-state index contributed by atoms with van der Waals surface area (Å²) in [7, 11) is 0. The van der Waals surface area contributed by atoms with Crippen LogP contribution >= 0.6 is 11.6 Å². The maximum atomic E-state index is 12.2. The van der Waals surface area contributed by atoms with E-state index in [9.17, 15) is 4.79 Å². The van der Waals surface area contributed by atoms with E-state index in [0.717, 1.165) is 25.8 Å². The van der Waals surface area contributed by atoms with Crippen LogP contribution < -0.4 is 0 Å². The number of hydrogen-bond donors (Lipinski definition) is 0. The van der Waals surface area contributed by atoms with Gasteiger partial charge in [-0.05, 0) is 25.0 Å². The molecule has 0 spiro atoms. The average molecular weight is 347 g/mol. The highest BCUT2D eigenvalue weighted by atomic mass is 35.5. The Bertz CT molecular complexity index is 748. The van der Waals surface area contributed by atoms with Crippen LogP contribution in [-0.4, -0.2) is 38.4 Å². The molecule has 1 aliphatic heterocycles. The number of fused-ring (bicyclic) bond motifs is 1.